The van der Waals surface area contributed by atoms with Crippen molar-refractivity contribution in [3.05, 3.63) is 60.2 Å². The van der Waals surface area contributed by atoms with E-state index in [9.17, 15) is 4.79 Å². The molecule has 0 aliphatic heterocycles. The fourth-order valence-corrected chi connectivity index (χ4v) is 3.77. The number of halogens is 2. The Bertz CT molecular complexity index is 739. The van der Waals surface area contributed by atoms with Gasteiger partial charge in [-0.1, -0.05) is 37.5 Å². The van der Waals surface area contributed by atoms with Gasteiger partial charge in [0.25, 0.3) is 5.91 Å². The average Bonchev–Trinajstić information content (AvgIpc) is 2.80. The molecule has 1 fully saturated rings. The molecule has 2 aromatic rings. The minimum atomic E-state index is -0.0362. The summed E-state index contributed by atoms with van der Waals surface area (Å²) in [4.78, 5) is 12.3. The largest absolute Gasteiger partial charge is 0.457 e. The lowest BCUT2D eigenvalue weighted by molar-refractivity contribution is 0.0953. The van der Waals surface area contributed by atoms with Crippen LogP contribution in [0.2, 0.25) is 0 Å². The predicted octanol–water partition coefficient (Wildman–Crippen LogP) is 5.34. The second-order valence-electron chi connectivity index (χ2n) is 7.94. The zero-order valence-electron chi connectivity index (χ0n) is 18.7. The number of amides is 1. The number of nitrogens with one attached hydrogen (secondary N) is 3. The Morgan fingerprint density at radius 2 is 1.44 bits per heavy atom. The Balaban J connectivity index is 0.00000256. The van der Waals surface area contributed by atoms with Gasteiger partial charge in [-0.3, -0.25) is 4.79 Å². The van der Waals surface area contributed by atoms with Crippen molar-refractivity contribution in [3.63, 3.8) is 0 Å². The highest BCUT2D eigenvalue weighted by molar-refractivity contribution is 5.94. The highest BCUT2D eigenvalue weighted by atomic mass is 35.5. The van der Waals surface area contributed by atoms with Crippen LogP contribution in [-0.2, 0) is 0 Å². The highest BCUT2D eigenvalue weighted by Crippen LogP contribution is 2.21. The van der Waals surface area contributed by atoms with E-state index >= 15 is 0 Å². The standard InChI is InChI=1S/C25H35N3O2.2ClH/c29-25(21-13-15-24(16-14-21)30-23-11-5-2-6-12-23)28-18-8-7-17-26-19-20-27-22-9-3-1-4-10-22;;/h2,5-6,11-16,22,26-27H,1,3-4,7-10,17-20H2,(H,28,29);2*1H. The van der Waals surface area contributed by atoms with Crippen LogP contribution in [0.4, 0.5) is 0 Å². The molecular formula is C25H37Cl2N3O2. The van der Waals surface area contributed by atoms with Crippen LogP contribution in [0, 0.1) is 0 Å². The van der Waals surface area contributed by atoms with Crippen molar-refractivity contribution >= 4 is 30.7 Å². The third-order valence-electron chi connectivity index (χ3n) is 5.50. The molecule has 0 spiro atoms. The summed E-state index contributed by atoms with van der Waals surface area (Å²) in [6, 6.07) is 17.6. The number of hydrogen-bond acceptors (Lipinski definition) is 4. The summed E-state index contributed by atoms with van der Waals surface area (Å²) in [6.07, 6.45) is 8.87. The van der Waals surface area contributed by atoms with Crippen LogP contribution in [0.1, 0.15) is 55.3 Å². The number of carbonyl (C=O) groups excluding carboxylic acids is 1. The summed E-state index contributed by atoms with van der Waals surface area (Å²) >= 11 is 0. The molecule has 7 heteroatoms. The number of ether oxygens (including phenoxy) is 1. The van der Waals surface area contributed by atoms with Crippen LogP contribution in [0.25, 0.3) is 0 Å². The summed E-state index contributed by atoms with van der Waals surface area (Å²) in [6.45, 7) is 3.75. The van der Waals surface area contributed by atoms with Gasteiger partial charge in [-0.05, 0) is 68.6 Å². The zero-order chi connectivity index (χ0) is 20.9. The van der Waals surface area contributed by atoms with E-state index in [4.69, 9.17) is 4.74 Å². The van der Waals surface area contributed by atoms with Gasteiger partial charge in [0.05, 0.1) is 0 Å². The summed E-state index contributed by atoms with van der Waals surface area (Å²) in [5.41, 5.74) is 0.655. The van der Waals surface area contributed by atoms with Crippen molar-refractivity contribution < 1.29 is 9.53 Å². The fourth-order valence-electron chi connectivity index (χ4n) is 3.77. The van der Waals surface area contributed by atoms with Crippen molar-refractivity contribution in [1.29, 1.82) is 0 Å². The van der Waals surface area contributed by atoms with E-state index in [1.165, 1.54) is 32.1 Å². The zero-order valence-corrected chi connectivity index (χ0v) is 20.3. The molecule has 3 N–H and O–H groups in total. The Labute approximate surface area is 204 Å². The summed E-state index contributed by atoms with van der Waals surface area (Å²) in [7, 11) is 0. The maximum atomic E-state index is 12.3. The molecule has 0 heterocycles. The number of benzene rings is 2. The molecule has 0 radical (unpaired) electrons. The fraction of sp³-hybridized carbons (Fsp3) is 0.480. The minimum Gasteiger partial charge on any atom is -0.457 e. The molecule has 3 rings (SSSR count). The molecule has 0 atom stereocenters. The molecule has 0 saturated heterocycles. The number of para-hydroxylation sites is 1. The topological polar surface area (TPSA) is 62.4 Å². The monoisotopic (exact) mass is 481 g/mol. The lowest BCUT2D eigenvalue weighted by Crippen LogP contribution is -2.36. The molecule has 1 aliphatic rings. The molecule has 178 valence electrons. The van der Waals surface area contributed by atoms with Crippen molar-refractivity contribution in [2.24, 2.45) is 0 Å². The van der Waals surface area contributed by atoms with Gasteiger partial charge in [0.2, 0.25) is 0 Å². The Kier molecular flexibility index (Phi) is 14.8. The van der Waals surface area contributed by atoms with E-state index in [0.717, 1.165) is 50.0 Å². The lowest BCUT2D eigenvalue weighted by Gasteiger charge is -2.22. The first-order valence-electron chi connectivity index (χ1n) is 11.4. The van der Waals surface area contributed by atoms with Gasteiger partial charge in [0.15, 0.2) is 0 Å². The molecule has 0 unspecified atom stereocenters. The SMILES string of the molecule is Cl.Cl.O=C(NCCCCNCCNC1CCCCC1)c1ccc(Oc2ccccc2)cc1. The Hall–Kier alpha value is -1.79. The number of hydrogen-bond donors (Lipinski definition) is 3. The van der Waals surface area contributed by atoms with Gasteiger partial charge in [0, 0.05) is 31.2 Å². The average molecular weight is 482 g/mol. The van der Waals surface area contributed by atoms with Gasteiger partial charge in [-0.15, -0.1) is 24.8 Å². The van der Waals surface area contributed by atoms with Gasteiger partial charge < -0.3 is 20.7 Å². The van der Waals surface area contributed by atoms with E-state index in [1.54, 1.807) is 12.1 Å². The first kappa shape index (κ1) is 28.2. The van der Waals surface area contributed by atoms with Gasteiger partial charge in [-0.2, -0.15) is 0 Å². The van der Waals surface area contributed by atoms with Gasteiger partial charge in [-0.25, -0.2) is 0 Å². The number of unbranched alkanes of at least 4 members (excludes halogenated alkanes) is 1. The normalized spacial score (nSPS) is 13.5. The molecule has 5 nitrogen and oxygen atoms in total. The summed E-state index contributed by atoms with van der Waals surface area (Å²) in [5, 5.41) is 10.1. The van der Waals surface area contributed by atoms with Gasteiger partial charge in [0.1, 0.15) is 11.5 Å². The summed E-state index contributed by atoms with van der Waals surface area (Å²) < 4.78 is 5.76. The van der Waals surface area contributed by atoms with Crippen molar-refractivity contribution in [2.75, 3.05) is 26.2 Å². The van der Waals surface area contributed by atoms with E-state index in [-0.39, 0.29) is 30.7 Å². The second-order valence-corrected chi connectivity index (χ2v) is 7.94. The van der Waals surface area contributed by atoms with Crippen molar-refractivity contribution in [1.82, 2.24) is 16.0 Å². The molecule has 1 aliphatic carbocycles. The van der Waals surface area contributed by atoms with Crippen LogP contribution in [0.15, 0.2) is 54.6 Å². The first-order chi connectivity index (χ1) is 14.8. The molecule has 32 heavy (non-hydrogen) atoms. The molecule has 1 saturated carbocycles. The van der Waals surface area contributed by atoms with Gasteiger partial charge >= 0.3 is 0 Å². The van der Waals surface area contributed by atoms with Crippen LogP contribution in [-0.4, -0.2) is 38.1 Å². The summed E-state index contributed by atoms with van der Waals surface area (Å²) in [5.74, 6) is 1.47. The number of rotatable bonds is 12. The first-order valence-corrected chi connectivity index (χ1v) is 11.4. The molecule has 0 bridgehead atoms. The van der Waals surface area contributed by atoms with Crippen molar-refractivity contribution in [3.8, 4) is 11.5 Å². The molecular weight excluding hydrogens is 445 g/mol. The smallest absolute Gasteiger partial charge is 0.251 e. The quantitative estimate of drug-likeness (QED) is 0.357. The maximum absolute atomic E-state index is 12.3. The van der Waals surface area contributed by atoms with E-state index in [0.29, 0.717) is 12.1 Å². The predicted molar refractivity (Wildman–Crippen MR) is 137 cm³/mol. The van der Waals surface area contributed by atoms with E-state index in [1.807, 2.05) is 42.5 Å². The number of carbonyl (C=O) groups is 1. The Morgan fingerprint density at radius 3 is 2.16 bits per heavy atom. The third-order valence-corrected chi connectivity index (χ3v) is 5.50. The van der Waals surface area contributed by atoms with Crippen LogP contribution in [0.3, 0.4) is 0 Å². The Morgan fingerprint density at radius 1 is 0.781 bits per heavy atom. The van der Waals surface area contributed by atoms with E-state index < -0.39 is 0 Å². The maximum Gasteiger partial charge on any atom is 0.251 e. The molecule has 0 aromatic heterocycles. The van der Waals surface area contributed by atoms with Crippen LogP contribution < -0.4 is 20.7 Å². The molecule has 2 aromatic carbocycles. The lowest BCUT2D eigenvalue weighted by atomic mass is 9.95. The second kappa shape index (κ2) is 16.8. The van der Waals surface area contributed by atoms with Crippen LogP contribution in [0.5, 0.6) is 11.5 Å². The molecule has 1 amide bonds. The third kappa shape index (κ3) is 10.7. The van der Waals surface area contributed by atoms with Crippen LogP contribution >= 0.6 is 24.8 Å². The highest BCUT2D eigenvalue weighted by Gasteiger charge is 2.11. The van der Waals surface area contributed by atoms with E-state index in [2.05, 4.69) is 16.0 Å². The van der Waals surface area contributed by atoms with Crippen molar-refractivity contribution in [2.45, 2.75) is 51.0 Å². The minimum absolute atomic E-state index is 0.